The zero-order valence-electron chi connectivity index (χ0n) is 18.3. The Morgan fingerprint density at radius 1 is 1.31 bits per heavy atom. The van der Waals surface area contributed by atoms with E-state index in [1.165, 1.54) is 9.47 Å². The van der Waals surface area contributed by atoms with E-state index in [-0.39, 0.29) is 42.1 Å². The summed E-state index contributed by atoms with van der Waals surface area (Å²) in [4.78, 5) is 43.0. The molecule has 2 heterocycles. The molecule has 0 radical (unpaired) electrons. The number of H-pyrrole nitrogens is 1. The molecule has 1 aromatic heterocycles. The van der Waals surface area contributed by atoms with Gasteiger partial charge >= 0.3 is 5.69 Å². The molecule has 0 unspecified atom stereocenters. The number of quaternary nitrogens is 1. The topological polar surface area (TPSA) is 115 Å². The lowest BCUT2D eigenvalue weighted by Gasteiger charge is -2.33. The van der Waals surface area contributed by atoms with Gasteiger partial charge in [-0.05, 0) is 26.2 Å². The summed E-state index contributed by atoms with van der Waals surface area (Å²) < 4.78 is 7.10. The van der Waals surface area contributed by atoms with Crippen molar-refractivity contribution in [3.63, 3.8) is 0 Å². The predicted octanol–water partition coefficient (Wildman–Crippen LogP) is -0.400. The van der Waals surface area contributed by atoms with Crippen LogP contribution in [0.4, 0.5) is 11.5 Å². The molecule has 1 aliphatic heterocycles. The fourth-order valence-electron chi connectivity index (χ4n) is 3.90. The van der Waals surface area contributed by atoms with Crippen LogP contribution in [0.25, 0.3) is 0 Å². The molecule has 1 fully saturated rings. The van der Waals surface area contributed by atoms with Gasteiger partial charge in [-0.3, -0.25) is 24.0 Å². The molecule has 1 aliphatic rings. The molecule has 0 spiro atoms. The SMILES string of the molecule is CCCCN(C(=O)C[NH+]1C[C@H](C)O[C@@H](C)C1)c1c(N)n(CC(C)C)c(=O)[nH]c1=O. The van der Waals surface area contributed by atoms with Crippen LogP contribution in [0, 0.1) is 5.92 Å². The molecule has 1 aromatic rings. The summed E-state index contributed by atoms with van der Waals surface area (Å²) in [5.41, 5.74) is 5.16. The third-order valence-electron chi connectivity index (χ3n) is 5.09. The smallest absolute Gasteiger partial charge is 0.330 e. The molecule has 164 valence electrons. The van der Waals surface area contributed by atoms with E-state index < -0.39 is 11.2 Å². The molecule has 0 bridgehead atoms. The lowest BCUT2D eigenvalue weighted by atomic mass is 10.2. The van der Waals surface area contributed by atoms with Crippen molar-refractivity contribution in [3.05, 3.63) is 20.8 Å². The van der Waals surface area contributed by atoms with Crippen LogP contribution in [0.5, 0.6) is 0 Å². The molecule has 0 aliphatic carbocycles. The quantitative estimate of drug-likeness (QED) is 0.539. The van der Waals surface area contributed by atoms with Gasteiger partial charge in [0.2, 0.25) is 0 Å². The van der Waals surface area contributed by atoms with Crippen molar-refractivity contribution in [2.24, 2.45) is 5.92 Å². The van der Waals surface area contributed by atoms with E-state index in [1.807, 2.05) is 34.6 Å². The number of ether oxygens (including phenoxy) is 1. The maximum Gasteiger partial charge on any atom is 0.330 e. The summed E-state index contributed by atoms with van der Waals surface area (Å²) in [6.07, 6.45) is 1.75. The number of hydrogen-bond acceptors (Lipinski definition) is 5. The fraction of sp³-hybridized carbons (Fsp3) is 0.750. The number of amides is 1. The Labute approximate surface area is 171 Å². The summed E-state index contributed by atoms with van der Waals surface area (Å²) in [6, 6.07) is 0. The van der Waals surface area contributed by atoms with Gasteiger partial charge in [0.25, 0.3) is 11.5 Å². The summed E-state index contributed by atoms with van der Waals surface area (Å²) in [5, 5.41) is 0. The number of nitrogen functional groups attached to an aromatic ring is 1. The van der Waals surface area contributed by atoms with Crippen molar-refractivity contribution in [2.45, 2.75) is 66.2 Å². The molecular weight excluding hydrogens is 374 g/mol. The second kappa shape index (κ2) is 10.1. The molecule has 0 saturated carbocycles. The van der Waals surface area contributed by atoms with Crippen molar-refractivity contribution in [1.82, 2.24) is 9.55 Å². The molecular formula is C20H36N5O4+. The first-order chi connectivity index (χ1) is 13.6. The van der Waals surface area contributed by atoms with Crippen LogP contribution in [0.2, 0.25) is 0 Å². The zero-order valence-corrected chi connectivity index (χ0v) is 18.3. The van der Waals surface area contributed by atoms with Gasteiger partial charge in [-0.25, -0.2) is 4.79 Å². The highest BCUT2D eigenvalue weighted by molar-refractivity contribution is 5.96. The first kappa shape index (κ1) is 23.2. The molecule has 9 heteroatoms. The highest BCUT2D eigenvalue weighted by Gasteiger charge is 2.31. The highest BCUT2D eigenvalue weighted by atomic mass is 16.5. The van der Waals surface area contributed by atoms with E-state index in [9.17, 15) is 14.4 Å². The van der Waals surface area contributed by atoms with E-state index in [1.54, 1.807) is 0 Å². The standard InChI is InChI=1S/C20H35N5O4/c1-6-7-8-24(16(26)12-23-10-14(4)29-15(5)11-23)17-18(21)25(9-13(2)3)20(28)22-19(17)27/h13-15H,6-12,21H2,1-5H3,(H,22,27,28)/p+1/t14-,15-/m0/s1. The van der Waals surface area contributed by atoms with E-state index in [0.717, 1.165) is 30.8 Å². The van der Waals surface area contributed by atoms with E-state index in [4.69, 9.17) is 10.5 Å². The van der Waals surface area contributed by atoms with Crippen molar-refractivity contribution >= 4 is 17.4 Å². The Kier molecular flexibility index (Phi) is 8.04. The maximum atomic E-state index is 13.2. The van der Waals surface area contributed by atoms with E-state index in [0.29, 0.717) is 13.1 Å². The fourth-order valence-corrected chi connectivity index (χ4v) is 3.90. The minimum atomic E-state index is -0.615. The number of morpholine rings is 1. The van der Waals surface area contributed by atoms with Gasteiger partial charge in [0, 0.05) is 13.1 Å². The Balaban J connectivity index is 2.37. The lowest BCUT2D eigenvalue weighted by molar-refractivity contribution is -0.907. The average Bonchev–Trinajstić information content (AvgIpc) is 2.60. The zero-order chi connectivity index (χ0) is 21.7. The Hall–Kier alpha value is -2.13. The maximum absolute atomic E-state index is 13.2. The van der Waals surface area contributed by atoms with Gasteiger partial charge in [0.05, 0.1) is 0 Å². The molecule has 4 N–H and O–H groups in total. The Morgan fingerprint density at radius 2 is 1.93 bits per heavy atom. The van der Waals surface area contributed by atoms with Crippen LogP contribution in [0.3, 0.4) is 0 Å². The van der Waals surface area contributed by atoms with Crippen LogP contribution in [-0.2, 0) is 16.1 Å². The number of nitrogens with one attached hydrogen (secondary N) is 2. The average molecular weight is 411 g/mol. The Morgan fingerprint density at radius 3 is 2.48 bits per heavy atom. The number of carbonyl (C=O) groups excluding carboxylic acids is 1. The molecule has 2 atom stereocenters. The molecule has 0 aromatic carbocycles. The normalized spacial score (nSPS) is 22.1. The number of rotatable bonds is 8. The number of aromatic nitrogens is 2. The number of carbonyl (C=O) groups is 1. The van der Waals surface area contributed by atoms with Gasteiger partial charge in [0.15, 0.2) is 12.2 Å². The first-order valence-corrected chi connectivity index (χ1v) is 10.6. The van der Waals surface area contributed by atoms with Gasteiger partial charge in [-0.15, -0.1) is 0 Å². The minimum absolute atomic E-state index is 0.0515. The van der Waals surface area contributed by atoms with Crippen LogP contribution >= 0.6 is 0 Å². The molecule has 9 nitrogen and oxygen atoms in total. The van der Waals surface area contributed by atoms with E-state index in [2.05, 4.69) is 4.98 Å². The number of nitrogens with zero attached hydrogens (tertiary/aromatic N) is 2. The lowest BCUT2D eigenvalue weighted by Crippen LogP contribution is -3.16. The largest absolute Gasteiger partial charge is 0.383 e. The third kappa shape index (κ3) is 5.93. The monoisotopic (exact) mass is 410 g/mol. The van der Waals surface area contributed by atoms with Gasteiger partial charge in [0.1, 0.15) is 31.1 Å². The Bertz CT molecular complexity index is 806. The number of unbranched alkanes of at least 4 members (excludes halogenated alkanes) is 1. The summed E-state index contributed by atoms with van der Waals surface area (Å²) >= 11 is 0. The summed E-state index contributed by atoms with van der Waals surface area (Å²) in [7, 11) is 0. The van der Waals surface area contributed by atoms with Crippen molar-refractivity contribution < 1.29 is 14.4 Å². The second-order valence-corrected chi connectivity index (χ2v) is 8.49. The van der Waals surface area contributed by atoms with Crippen LogP contribution < -0.4 is 26.8 Å². The highest BCUT2D eigenvalue weighted by Crippen LogP contribution is 2.18. The number of aromatic amines is 1. The number of nitrogens with two attached hydrogens (primary N) is 1. The summed E-state index contributed by atoms with van der Waals surface area (Å²) in [5.74, 6) is 0.0478. The third-order valence-corrected chi connectivity index (χ3v) is 5.09. The van der Waals surface area contributed by atoms with Crippen LogP contribution in [-0.4, -0.2) is 53.8 Å². The number of anilines is 2. The van der Waals surface area contributed by atoms with Crippen molar-refractivity contribution in [3.8, 4) is 0 Å². The molecule has 2 rings (SSSR count). The minimum Gasteiger partial charge on any atom is -0.383 e. The molecule has 1 saturated heterocycles. The number of hydrogen-bond donors (Lipinski definition) is 3. The van der Waals surface area contributed by atoms with Crippen molar-refractivity contribution in [2.75, 3.05) is 36.8 Å². The second-order valence-electron chi connectivity index (χ2n) is 8.49. The molecule has 1 amide bonds. The summed E-state index contributed by atoms with van der Waals surface area (Å²) in [6.45, 7) is 12.4. The van der Waals surface area contributed by atoms with Crippen molar-refractivity contribution in [1.29, 1.82) is 0 Å². The van der Waals surface area contributed by atoms with Gasteiger partial charge in [-0.1, -0.05) is 27.2 Å². The van der Waals surface area contributed by atoms with Crippen LogP contribution in [0.15, 0.2) is 9.59 Å². The molecule has 29 heavy (non-hydrogen) atoms. The first-order valence-electron chi connectivity index (χ1n) is 10.6. The van der Waals surface area contributed by atoms with Gasteiger partial charge in [-0.2, -0.15) is 0 Å². The van der Waals surface area contributed by atoms with Crippen LogP contribution in [0.1, 0.15) is 47.5 Å². The van der Waals surface area contributed by atoms with Gasteiger partial charge < -0.3 is 15.4 Å². The van der Waals surface area contributed by atoms with E-state index >= 15 is 0 Å². The predicted molar refractivity (Wildman–Crippen MR) is 113 cm³/mol.